The quantitative estimate of drug-likeness (QED) is 0.860. The molecule has 0 atom stereocenters. The van der Waals surface area contributed by atoms with Crippen molar-refractivity contribution in [3.8, 4) is 0 Å². The van der Waals surface area contributed by atoms with Crippen LogP contribution in [0.25, 0.3) is 0 Å². The number of pyridine rings is 1. The molecular weight excluding hydrogens is 298 g/mol. The van der Waals surface area contributed by atoms with Gasteiger partial charge in [0.1, 0.15) is 10.3 Å². The molecule has 5 nitrogen and oxygen atoms in total. The summed E-state index contributed by atoms with van der Waals surface area (Å²) >= 11 is 2.97. The van der Waals surface area contributed by atoms with E-state index in [1.807, 2.05) is 0 Å². The first-order chi connectivity index (χ1) is 7.26. The number of halogens is 1. The molecule has 88 valence electrons. The van der Waals surface area contributed by atoms with Crippen LogP contribution in [0.5, 0.6) is 0 Å². The third-order valence-corrected chi connectivity index (χ3v) is 5.01. The molecule has 0 radical (unpaired) electrons. The minimum Gasteiger partial charge on any atom is -0.477 e. The van der Waals surface area contributed by atoms with Gasteiger partial charge in [0.15, 0.2) is 9.84 Å². The minimum absolute atomic E-state index is 0.00694. The van der Waals surface area contributed by atoms with E-state index in [-0.39, 0.29) is 15.2 Å². The molecule has 16 heavy (non-hydrogen) atoms. The summed E-state index contributed by atoms with van der Waals surface area (Å²) in [6, 6.07) is 2.41. The summed E-state index contributed by atoms with van der Waals surface area (Å²) in [5.41, 5.74) is -0.199. The number of carbonyl (C=O) groups is 1. The predicted octanol–water partition coefficient (Wildman–Crippen LogP) is 1.72. The van der Waals surface area contributed by atoms with Crippen LogP contribution in [-0.4, -0.2) is 29.7 Å². The van der Waals surface area contributed by atoms with Crippen molar-refractivity contribution < 1.29 is 18.3 Å². The second-order valence-corrected chi connectivity index (χ2v) is 6.61. The molecule has 1 rings (SSSR count). The summed E-state index contributed by atoms with van der Waals surface area (Å²) in [5, 5.41) is 8.10. The Morgan fingerprint density at radius 2 is 2.00 bits per heavy atom. The van der Waals surface area contributed by atoms with Crippen molar-refractivity contribution in [2.45, 2.75) is 24.0 Å². The van der Waals surface area contributed by atoms with Crippen LogP contribution >= 0.6 is 15.9 Å². The van der Waals surface area contributed by atoms with Crippen LogP contribution in [-0.2, 0) is 9.84 Å². The molecule has 0 saturated carbocycles. The van der Waals surface area contributed by atoms with Crippen molar-refractivity contribution >= 4 is 31.7 Å². The minimum atomic E-state index is -3.45. The molecule has 0 bridgehead atoms. The molecule has 1 aromatic heterocycles. The van der Waals surface area contributed by atoms with Crippen molar-refractivity contribution in [1.82, 2.24) is 4.98 Å². The van der Waals surface area contributed by atoms with Gasteiger partial charge in [-0.15, -0.1) is 0 Å². The van der Waals surface area contributed by atoms with Crippen LogP contribution in [0.15, 0.2) is 21.6 Å². The van der Waals surface area contributed by atoms with E-state index in [2.05, 4.69) is 20.9 Å². The van der Waals surface area contributed by atoms with Crippen LogP contribution in [0.4, 0.5) is 0 Å². The van der Waals surface area contributed by atoms with Crippen LogP contribution in [0, 0.1) is 0 Å². The highest BCUT2D eigenvalue weighted by atomic mass is 79.9. The number of rotatable bonds is 3. The summed E-state index contributed by atoms with van der Waals surface area (Å²) < 4.78 is 23.7. The number of hydrogen-bond donors (Lipinski definition) is 1. The molecule has 0 spiro atoms. The number of aromatic nitrogens is 1. The zero-order chi connectivity index (χ0) is 12.5. The van der Waals surface area contributed by atoms with E-state index in [1.54, 1.807) is 13.8 Å². The zero-order valence-corrected chi connectivity index (χ0v) is 11.0. The lowest BCUT2D eigenvalue weighted by Gasteiger charge is -2.09. The lowest BCUT2D eigenvalue weighted by molar-refractivity contribution is 0.0690. The first-order valence-electron chi connectivity index (χ1n) is 4.40. The van der Waals surface area contributed by atoms with Gasteiger partial charge in [-0.25, -0.2) is 18.2 Å². The fourth-order valence-electron chi connectivity index (χ4n) is 1.01. The fraction of sp³-hybridized carbons (Fsp3) is 0.333. The van der Waals surface area contributed by atoms with Gasteiger partial charge >= 0.3 is 5.97 Å². The van der Waals surface area contributed by atoms with Crippen molar-refractivity contribution in [2.75, 3.05) is 0 Å². The van der Waals surface area contributed by atoms with Gasteiger partial charge < -0.3 is 5.11 Å². The smallest absolute Gasteiger partial charge is 0.354 e. The van der Waals surface area contributed by atoms with E-state index in [4.69, 9.17) is 5.11 Å². The highest BCUT2D eigenvalue weighted by Crippen LogP contribution is 2.23. The molecule has 0 amide bonds. The Hall–Kier alpha value is -0.950. The zero-order valence-electron chi connectivity index (χ0n) is 8.64. The molecule has 7 heteroatoms. The number of sulfone groups is 1. The Kier molecular flexibility index (Phi) is 3.69. The summed E-state index contributed by atoms with van der Waals surface area (Å²) in [4.78, 5) is 14.3. The van der Waals surface area contributed by atoms with E-state index >= 15 is 0 Å². The number of carboxylic acid groups (broad SMARTS) is 1. The monoisotopic (exact) mass is 307 g/mol. The third-order valence-electron chi connectivity index (χ3n) is 1.96. The van der Waals surface area contributed by atoms with Crippen molar-refractivity contribution in [3.63, 3.8) is 0 Å². The van der Waals surface area contributed by atoms with E-state index in [9.17, 15) is 13.2 Å². The molecule has 0 aromatic carbocycles. The van der Waals surface area contributed by atoms with Gasteiger partial charge in [0.2, 0.25) is 0 Å². The molecule has 0 unspecified atom stereocenters. The summed E-state index contributed by atoms with van der Waals surface area (Å²) in [6.45, 7) is 3.10. The predicted molar refractivity (Wildman–Crippen MR) is 61.2 cm³/mol. The maximum absolute atomic E-state index is 11.8. The second kappa shape index (κ2) is 4.50. The Morgan fingerprint density at radius 1 is 1.44 bits per heavy atom. The Morgan fingerprint density at radius 3 is 2.38 bits per heavy atom. The molecule has 0 fully saturated rings. The lowest BCUT2D eigenvalue weighted by Crippen LogP contribution is -2.15. The van der Waals surface area contributed by atoms with E-state index in [0.29, 0.717) is 0 Å². The van der Waals surface area contributed by atoms with Crippen LogP contribution in [0.2, 0.25) is 0 Å². The topological polar surface area (TPSA) is 84.3 Å². The number of hydrogen-bond acceptors (Lipinski definition) is 4. The largest absolute Gasteiger partial charge is 0.477 e. The first kappa shape index (κ1) is 13.1. The lowest BCUT2D eigenvalue weighted by atomic mass is 10.4. The first-order valence-corrected chi connectivity index (χ1v) is 6.74. The molecule has 1 heterocycles. The van der Waals surface area contributed by atoms with Crippen molar-refractivity contribution in [3.05, 3.63) is 22.4 Å². The van der Waals surface area contributed by atoms with E-state index < -0.39 is 21.1 Å². The van der Waals surface area contributed by atoms with Gasteiger partial charge in [0, 0.05) is 0 Å². The normalized spacial score (nSPS) is 11.8. The molecule has 0 saturated heterocycles. The molecule has 0 aliphatic heterocycles. The van der Waals surface area contributed by atoms with Gasteiger partial charge in [-0.2, -0.15) is 0 Å². The molecular formula is C9H10BrNO4S. The highest BCUT2D eigenvalue weighted by molar-refractivity contribution is 9.10. The van der Waals surface area contributed by atoms with E-state index in [1.165, 1.54) is 12.1 Å². The number of aromatic carboxylic acids is 1. The Bertz CT molecular complexity index is 524. The number of nitrogens with zero attached hydrogens (tertiary/aromatic N) is 1. The molecule has 0 aliphatic rings. The third kappa shape index (κ3) is 2.41. The fourth-order valence-corrected chi connectivity index (χ4v) is 3.05. The highest BCUT2D eigenvalue weighted by Gasteiger charge is 2.23. The van der Waals surface area contributed by atoms with Gasteiger partial charge in [0.05, 0.1) is 10.1 Å². The molecule has 0 aliphatic carbocycles. The average molecular weight is 308 g/mol. The van der Waals surface area contributed by atoms with Gasteiger partial charge in [-0.1, -0.05) is 0 Å². The maximum Gasteiger partial charge on any atom is 0.354 e. The Balaban J connectivity index is 3.35. The SMILES string of the molecule is CC(C)S(=O)(=O)c1ccc(C(=O)O)nc1Br. The number of carboxylic acids is 1. The molecule has 1 aromatic rings. The standard InChI is InChI=1S/C9H10BrNO4S/c1-5(2)16(14,15)7-4-3-6(9(12)13)11-8(7)10/h3-5H,1-2H3,(H,12,13). The van der Waals surface area contributed by atoms with Crippen molar-refractivity contribution in [2.24, 2.45) is 0 Å². The van der Waals surface area contributed by atoms with Crippen LogP contribution in [0.3, 0.4) is 0 Å². The average Bonchev–Trinajstić information content (AvgIpc) is 2.16. The second-order valence-electron chi connectivity index (χ2n) is 3.38. The van der Waals surface area contributed by atoms with E-state index in [0.717, 1.165) is 0 Å². The van der Waals surface area contributed by atoms with Crippen LogP contribution in [0.1, 0.15) is 24.3 Å². The Labute approximate surface area is 102 Å². The molecule has 1 N–H and O–H groups in total. The van der Waals surface area contributed by atoms with Crippen molar-refractivity contribution in [1.29, 1.82) is 0 Å². The van der Waals surface area contributed by atoms with Gasteiger partial charge in [-0.3, -0.25) is 0 Å². The van der Waals surface area contributed by atoms with Gasteiger partial charge in [-0.05, 0) is 41.9 Å². The maximum atomic E-state index is 11.8. The van der Waals surface area contributed by atoms with Gasteiger partial charge in [0.25, 0.3) is 0 Å². The van der Waals surface area contributed by atoms with Crippen LogP contribution < -0.4 is 0 Å². The summed E-state index contributed by atoms with van der Waals surface area (Å²) in [6.07, 6.45) is 0. The summed E-state index contributed by atoms with van der Waals surface area (Å²) in [7, 11) is -3.45. The summed E-state index contributed by atoms with van der Waals surface area (Å²) in [5.74, 6) is -1.20.